The molecule has 0 saturated heterocycles. The zero-order valence-electron chi connectivity index (χ0n) is 22.0. The predicted molar refractivity (Wildman–Crippen MR) is 145 cm³/mol. The van der Waals surface area contributed by atoms with Crippen molar-refractivity contribution in [1.82, 2.24) is 0 Å². The molecule has 0 saturated carbocycles. The van der Waals surface area contributed by atoms with Crippen LogP contribution in [-0.4, -0.2) is 9.79 Å². The Morgan fingerprint density at radius 3 is 1.91 bits per heavy atom. The van der Waals surface area contributed by atoms with Gasteiger partial charge in [0.25, 0.3) is 0 Å². The molecule has 3 aromatic rings. The van der Waals surface area contributed by atoms with Gasteiger partial charge in [-0.2, -0.15) is 0 Å². The highest BCUT2D eigenvalue weighted by Gasteiger charge is 2.32. The molecule has 0 amide bonds. The number of aryl methyl sites for hydroxylation is 2. The summed E-state index contributed by atoms with van der Waals surface area (Å²) in [6.07, 6.45) is 0. The van der Waals surface area contributed by atoms with Crippen LogP contribution in [0.4, 0.5) is 0 Å². The van der Waals surface area contributed by atoms with Gasteiger partial charge in [0, 0.05) is 11.5 Å². The van der Waals surface area contributed by atoms with Crippen LogP contribution in [0.15, 0.2) is 54.6 Å². The van der Waals surface area contributed by atoms with Gasteiger partial charge in [0.2, 0.25) is 0 Å². The molecule has 0 radical (unpaired) electrons. The fourth-order valence-corrected chi connectivity index (χ4v) is 5.06. The molecular formula is C30H39O3P. The second kappa shape index (κ2) is 9.82. The summed E-state index contributed by atoms with van der Waals surface area (Å²) < 4.78 is 5.62. The SMILES string of the molecule is Cc1cc(-c2c(C(C)(C)C)ccc(OP(O)O)c2C(C)(C)C)c(C(C)c2ccccc2)cc1C. The average Bonchev–Trinajstić information content (AvgIpc) is 2.73. The van der Waals surface area contributed by atoms with Gasteiger partial charge < -0.3 is 14.3 Å². The molecule has 1 atom stereocenters. The number of benzene rings is 3. The van der Waals surface area contributed by atoms with Crippen LogP contribution in [0.3, 0.4) is 0 Å². The smallest absolute Gasteiger partial charge is 0.391 e. The lowest BCUT2D eigenvalue weighted by Crippen LogP contribution is -2.21. The zero-order valence-corrected chi connectivity index (χ0v) is 22.9. The molecule has 3 aromatic carbocycles. The van der Waals surface area contributed by atoms with Crippen molar-refractivity contribution < 1.29 is 14.3 Å². The molecule has 3 rings (SSSR count). The maximum atomic E-state index is 9.76. The van der Waals surface area contributed by atoms with Gasteiger partial charge in [0.15, 0.2) is 0 Å². The highest BCUT2D eigenvalue weighted by Crippen LogP contribution is 2.49. The van der Waals surface area contributed by atoms with E-state index in [2.05, 4.69) is 111 Å². The average molecular weight is 479 g/mol. The molecule has 3 nitrogen and oxygen atoms in total. The second-order valence-corrected chi connectivity index (χ2v) is 12.0. The Kier molecular flexibility index (Phi) is 7.63. The van der Waals surface area contributed by atoms with Gasteiger partial charge >= 0.3 is 8.60 Å². The molecule has 1 unspecified atom stereocenters. The summed E-state index contributed by atoms with van der Waals surface area (Å²) >= 11 is 0. The summed E-state index contributed by atoms with van der Waals surface area (Å²) in [5, 5.41) is 0. The monoisotopic (exact) mass is 478 g/mol. The van der Waals surface area contributed by atoms with E-state index in [1.54, 1.807) is 0 Å². The van der Waals surface area contributed by atoms with Crippen molar-refractivity contribution in [3.63, 3.8) is 0 Å². The minimum Gasteiger partial charge on any atom is -0.427 e. The van der Waals surface area contributed by atoms with E-state index in [0.29, 0.717) is 5.75 Å². The zero-order chi connectivity index (χ0) is 25.4. The third-order valence-corrected chi connectivity index (χ3v) is 6.97. The summed E-state index contributed by atoms with van der Waals surface area (Å²) in [7, 11) is -2.53. The molecule has 0 spiro atoms. The van der Waals surface area contributed by atoms with Crippen molar-refractivity contribution in [2.24, 2.45) is 0 Å². The van der Waals surface area contributed by atoms with Crippen LogP contribution in [0.25, 0.3) is 11.1 Å². The van der Waals surface area contributed by atoms with Crippen molar-refractivity contribution in [2.75, 3.05) is 0 Å². The molecule has 2 N–H and O–H groups in total. The Morgan fingerprint density at radius 1 is 0.794 bits per heavy atom. The maximum absolute atomic E-state index is 9.76. The number of hydrogen-bond donors (Lipinski definition) is 2. The normalized spacial score (nSPS) is 13.3. The fraction of sp³-hybridized carbons (Fsp3) is 0.400. The van der Waals surface area contributed by atoms with Crippen molar-refractivity contribution >= 4 is 8.60 Å². The summed E-state index contributed by atoms with van der Waals surface area (Å²) in [6, 6.07) is 19.2. The molecule has 0 aliphatic carbocycles. The van der Waals surface area contributed by atoms with Crippen molar-refractivity contribution in [3.8, 4) is 16.9 Å². The lowest BCUT2D eigenvalue weighted by Gasteiger charge is -2.33. The van der Waals surface area contributed by atoms with Gasteiger partial charge in [-0.3, -0.25) is 0 Å². The van der Waals surface area contributed by atoms with Crippen LogP contribution < -0.4 is 4.52 Å². The second-order valence-electron chi connectivity index (χ2n) is 11.4. The highest BCUT2D eigenvalue weighted by molar-refractivity contribution is 7.39. The van der Waals surface area contributed by atoms with E-state index < -0.39 is 8.60 Å². The first kappa shape index (κ1) is 26.4. The first-order valence-electron chi connectivity index (χ1n) is 11.9. The van der Waals surface area contributed by atoms with E-state index in [-0.39, 0.29) is 16.7 Å². The van der Waals surface area contributed by atoms with E-state index in [9.17, 15) is 9.79 Å². The lowest BCUT2D eigenvalue weighted by atomic mass is 9.72. The Balaban J connectivity index is 2.48. The standard InChI is InChI=1S/C30H39O3P/c1-19-17-23(21(3)22-13-11-10-12-14-22)24(18-20(19)2)27-25(29(4,5)6)15-16-26(33-34(31)32)28(27)30(7,8)9/h10-18,21,31-32H,1-9H3. The molecule has 0 bridgehead atoms. The van der Waals surface area contributed by atoms with Gasteiger partial charge in [-0.25, -0.2) is 0 Å². The van der Waals surface area contributed by atoms with Crippen LogP contribution in [0.2, 0.25) is 0 Å². The first-order valence-corrected chi connectivity index (χ1v) is 13.1. The van der Waals surface area contributed by atoms with Crippen LogP contribution in [-0.2, 0) is 10.8 Å². The largest absolute Gasteiger partial charge is 0.427 e. The maximum Gasteiger partial charge on any atom is 0.391 e. The molecule has 0 aliphatic rings. The Labute approximate surface area is 206 Å². The van der Waals surface area contributed by atoms with Crippen LogP contribution in [0, 0.1) is 13.8 Å². The van der Waals surface area contributed by atoms with E-state index in [0.717, 1.165) is 11.1 Å². The van der Waals surface area contributed by atoms with E-state index in [4.69, 9.17) is 4.52 Å². The Morgan fingerprint density at radius 2 is 1.38 bits per heavy atom. The summed E-state index contributed by atoms with van der Waals surface area (Å²) in [6.45, 7) is 19.7. The molecule has 0 heterocycles. The van der Waals surface area contributed by atoms with Crippen LogP contribution >= 0.6 is 8.60 Å². The van der Waals surface area contributed by atoms with Gasteiger partial charge in [-0.1, -0.05) is 97.0 Å². The number of hydrogen-bond acceptors (Lipinski definition) is 3. The molecule has 34 heavy (non-hydrogen) atoms. The summed E-state index contributed by atoms with van der Waals surface area (Å²) in [5.74, 6) is 0.719. The number of rotatable bonds is 5. The third kappa shape index (κ3) is 5.54. The van der Waals surface area contributed by atoms with E-state index in [1.165, 1.54) is 33.4 Å². The molecule has 0 aliphatic heterocycles. The van der Waals surface area contributed by atoms with Crippen molar-refractivity contribution in [3.05, 3.63) is 88.0 Å². The van der Waals surface area contributed by atoms with Crippen LogP contribution in [0.5, 0.6) is 5.75 Å². The quantitative estimate of drug-likeness (QED) is 0.363. The van der Waals surface area contributed by atoms with E-state index in [1.807, 2.05) is 6.07 Å². The van der Waals surface area contributed by atoms with Crippen LogP contribution in [0.1, 0.15) is 87.8 Å². The van der Waals surface area contributed by atoms with Gasteiger partial charge in [-0.05, 0) is 69.7 Å². The van der Waals surface area contributed by atoms with E-state index >= 15 is 0 Å². The molecule has 4 heteroatoms. The fourth-order valence-electron chi connectivity index (χ4n) is 4.73. The summed E-state index contributed by atoms with van der Waals surface area (Å²) in [5.41, 5.74) is 9.15. The van der Waals surface area contributed by atoms with Crippen molar-refractivity contribution in [1.29, 1.82) is 0 Å². The highest BCUT2D eigenvalue weighted by atomic mass is 31.2. The summed E-state index contributed by atoms with van der Waals surface area (Å²) in [4.78, 5) is 19.5. The molecule has 0 fully saturated rings. The Hall–Kier alpha value is -2.19. The van der Waals surface area contributed by atoms with Gasteiger partial charge in [-0.15, -0.1) is 0 Å². The minimum atomic E-state index is -2.53. The van der Waals surface area contributed by atoms with Crippen molar-refractivity contribution in [2.45, 2.75) is 79.1 Å². The molecule has 182 valence electrons. The van der Waals surface area contributed by atoms with Gasteiger partial charge in [0.05, 0.1) is 0 Å². The Bertz CT molecular complexity index is 1150. The molecular weight excluding hydrogens is 439 g/mol. The topological polar surface area (TPSA) is 49.7 Å². The lowest BCUT2D eigenvalue weighted by molar-refractivity contribution is 0.370. The van der Waals surface area contributed by atoms with Gasteiger partial charge in [0.1, 0.15) is 5.75 Å². The third-order valence-electron chi connectivity index (χ3n) is 6.61. The first-order chi connectivity index (χ1) is 15.7. The minimum absolute atomic E-state index is 0.122. The molecule has 0 aromatic heterocycles. The predicted octanol–water partition coefficient (Wildman–Crippen LogP) is 8.31.